The second kappa shape index (κ2) is 9.86. The average Bonchev–Trinajstić information content (AvgIpc) is 2.77. The van der Waals surface area contributed by atoms with E-state index in [-0.39, 0.29) is 42.4 Å². The predicted molar refractivity (Wildman–Crippen MR) is 116 cm³/mol. The minimum atomic E-state index is -1.08. The van der Waals surface area contributed by atoms with E-state index < -0.39 is 22.7 Å². The molecular weight excluding hydrogens is 414 g/mol. The Balaban J connectivity index is 1.92. The number of allylic oxidation sites excluding steroid dienone is 1. The summed E-state index contributed by atoms with van der Waals surface area (Å²) in [5.74, 6) is -2.67. The first kappa shape index (κ1) is 22.7. The van der Waals surface area contributed by atoms with Gasteiger partial charge >= 0.3 is 5.97 Å². The van der Waals surface area contributed by atoms with E-state index in [0.29, 0.717) is 5.70 Å². The highest BCUT2D eigenvalue weighted by molar-refractivity contribution is 6.06. The normalized spacial score (nSPS) is 16.0. The molecule has 1 heterocycles. The second-order valence-electron chi connectivity index (χ2n) is 7.24. The molecule has 0 aromatic heterocycles. The van der Waals surface area contributed by atoms with Crippen molar-refractivity contribution in [3.05, 3.63) is 81.5 Å². The molecule has 9 heteroatoms. The molecule has 3 rings (SSSR count). The molecule has 1 N–H and O–H groups in total. The van der Waals surface area contributed by atoms with E-state index in [9.17, 15) is 24.5 Å². The van der Waals surface area contributed by atoms with Crippen LogP contribution in [0.25, 0.3) is 0 Å². The van der Waals surface area contributed by atoms with Gasteiger partial charge < -0.3 is 15.0 Å². The number of ether oxygens (including phenoxy) is 1. The number of carbonyl (C=O) groups excluding carboxylic acids is 3. The first-order valence-corrected chi connectivity index (χ1v) is 10.1. The minimum Gasteiger partial charge on any atom is -0.463 e. The summed E-state index contributed by atoms with van der Waals surface area (Å²) in [5, 5.41) is 13.6. The van der Waals surface area contributed by atoms with Crippen molar-refractivity contribution < 1.29 is 24.0 Å². The Hall–Kier alpha value is -4.01. The highest BCUT2D eigenvalue weighted by Gasteiger charge is 2.40. The van der Waals surface area contributed by atoms with Crippen LogP contribution in [-0.4, -0.2) is 34.2 Å². The summed E-state index contributed by atoms with van der Waals surface area (Å²) in [5.41, 5.74) is 1.34. The molecule has 0 saturated heterocycles. The van der Waals surface area contributed by atoms with Gasteiger partial charge in [-0.15, -0.1) is 0 Å². The zero-order chi connectivity index (χ0) is 23.3. The second-order valence-corrected chi connectivity index (χ2v) is 7.24. The number of nitro groups is 1. The largest absolute Gasteiger partial charge is 0.463 e. The van der Waals surface area contributed by atoms with Crippen molar-refractivity contribution in [3.63, 3.8) is 0 Å². The van der Waals surface area contributed by atoms with Crippen molar-refractivity contribution in [2.24, 2.45) is 5.92 Å². The molecule has 0 aliphatic carbocycles. The number of benzene rings is 2. The van der Waals surface area contributed by atoms with Crippen molar-refractivity contribution in [3.8, 4) is 0 Å². The fourth-order valence-electron chi connectivity index (χ4n) is 3.59. The number of nitrogens with zero attached hydrogens (tertiary/aromatic N) is 2. The topological polar surface area (TPSA) is 119 Å². The standard InChI is InChI=1S/C23H23N3O6/c1-3-32-23(29)21-15(2)25(14-16-8-5-4-6-9-16)20(27)13-19(21)22(28)24-17-10-7-11-18(12-17)26(30)31/h4-12,19H,3,13-14H2,1-2H3,(H,24,28)/t19-/m0/s1. The molecule has 0 saturated carbocycles. The number of nitrogens with one attached hydrogen (secondary N) is 1. The highest BCUT2D eigenvalue weighted by Crippen LogP contribution is 2.32. The van der Waals surface area contributed by atoms with E-state index in [4.69, 9.17) is 4.74 Å². The summed E-state index contributed by atoms with van der Waals surface area (Å²) in [6, 6.07) is 14.8. The lowest BCUT2D eigenvalue weighted by molar-refractivity contribution is -0.384. The van der Waals surface area contributed by atoms with E-state index in [0.717, 1.165) is 5.56 Å². The van der Waals surface area contributed by atoms with Crippen LogP contribution in [0.15, 0.2) is 65.9 Å². The molecule has 0 bridgehead atoms. The predicted octanol–water partition coefficient (Wildman–Crippen LogP) is 3.42. The number of nitro benzene ring substituents is 1. The van der Waals surface area contributed by atoms with Crippen LogP contribution in [0.5, 0.6) is 0 Å². The molecule has 0 radical (unpaired) electrons. The third kappa shape index (κ3) is 5.00. The molecule has 166 valence electrons. The van der Waals surface area contributed by atoms with Crippen LogP contribution >= 0.6 is 0 Å². The van der Waals surface area contributed by atoms with Crippen LogP contribution in [0.3, 0.4) is 0 Å². The van der Waals surface area contributed by atoms with E-state index in [1.807, 2.05) is 30.3 Å². The van der Waals surface area contributed by atoms with Gasteiger partial charge in [-0.3, -0.25) is 19.7 Å². The molecule has 1 atom stereocenters. The molecule has 1 aliphatic rings. The van der Waals surface area contributed by atoms with Crippen LogP contribution in [0.4, 0.5) is 11.4 Å². The zero-order valence-electron chi connectivity index (χ0n) is 17.7. The van der Waals surface area contributed by atoms with Crippen molar-refractivity contribution >= 4 is 29.2 Å². The molecule has 32 heavy (non-hydrogen) atoms. The molecule has 2 aromatic rings. The number of hydrogen-bond acceptors (Lipinski definition) is 6. The van der Waals surface area contributed by atoms with Crippen LogP contribution in [0.2, 0.25) is 0 Å². The molecule has 0 fully saturated rings. The number of hydrogen-bond donors (Lipinski definition) is 1. The Morgan fingerprint density at radius 1 is 1.19 bits per heavy atom. The van der Waals surface area contributed by atoms with E-state index >= 15 is 0 Å². The van der Waals surface area contributed by atoms with Crippen molar-refractivity contribution in [2.45, 2.75) is 26.8 Å². The Morgan fingerprint density at radius 3 is 2.56 bits per heavy atom. The van der Waals surface area contributed by atoms with E-state index in [1.165, 1.54) is 29.2 Å². The molecule has 2 aromatic carbocycles. The average molecular weight is 437 g/mol. The lowest BCUT2D eigenvalue weighted by Crippen LogP contribution is -2.42. The molecule has 1 aliphatic heterocycles. The van der Waals surface area contributed by atoms with Crippen molar-refractivity contribution in [2.75, 3.05) is 11.9 Å². The molecule has 2 amide bonds. The summed E-state index contributed by atoms with van der Waals surface area (Å²) in [4.78, 5) is 50.6. The number of anilines is 1. The zero-order valence-corrected chi connectivity index (χ0v) is 17.7. The number of esters is 1. The lowest BCUT2D eigenvalue weighted by Gasteiger charge is -2.33. The van der Waals surface area contributed by atoms with E-state index in [1.54, 1.807) is 13.8 Å². The van der Waals surface area contributed by atoms with Gasteiger partial charge in [0.05, 0.1) is 29.6 Å². The number of rotatable bonds is 7. The Morgan fingerprint density at radius 2 is 1.91 bits per heavy atom. The van der Waals surface area contributed by atoms with Crippen LogP contribution < -0.4 is 5.32 Å². The van der Waals surface area contributed by atoms with Gasteiger partial charge in [-0.05, 0) is 25.5 Å². The lowest BCUT2D eigenvalue weighted by atomic mass is 9.88. The smallest absolute Gasteiger partial charge is 0.336 e. The van der Waals surface area contributed by atoms with Crippen LogP contribution in [-0.2, 0) is 25.7 Å². The summed E-state index contributed by atoms with van der Waals surface area (Å²) >= 11 is 0. The van der Waals surface area contributed by atoms with Gasteiger partial charge in [0, 0.05) is 29.9 Å². The monoisotopic (exact) mass is 437 g/mol. The fraction of sp³-hybridized carbons (Fsp3) is 0.261. The number of non-ortho nitro benzene ring substituents is 1. The van der Waals surface area contributed by atoms with Crippen molar-refractivity contribution in [1.29, 1.82) is 0 Å². The first-order valence-electron chi connectivity index (χ1n) is 10.1. The third-order valence-electron chi connectivity index (χ3n) is 5.14. The minimum absolute atomic E-state index is 0.102. The third-order valence-corrected chi connectivity index (χ3v) is 5.14. The Labute approximate surface area is 184 Å². The van der Waals surface area contributed by atoms with E-state index in [2.05, 4.69) is 5.32 Å². The van der Waals surface area contributed by atoms with Gasteiger partial charge in [0.25, 0.3) is 5.69 Å². The maximum Gasteiger partial charge on any atom is 0.336 e. The summed E-state index contributed by atoms with van der Waals surface area (Å²) in [6.45, 7) is 3.64. The molecular formula is C23H23N3O6. The summed E-state index contributed by atoms with van der Waals surface area (Å²) < 4.78 is 5.16. The summed E-state index contributed by atoms with van der Waals surface area (Å²) in [7, 11) is 0. The first-order chi connectivity index (χ1) is 15.3. The van der Waals surface area contributed by atoms with Gasteiger partial charge in [0.1, 0.15) is 0 Å². The quantitative estimate of drug-likeness (QED) is 0.403. The van der Waals surface area contributed by atoms with Crippen LogP contribution in [0, 0.1) is 16.0 Å². The Kier molecular flexibility index (Phi) is 6.99. The van der Waals surface area contributed by atoms with Gasteiger partial charge in [-0.1, -0.05) is 36.4 Å². The van der Waals surface area contributed by atoms with Crippen molar-refractivity contribution in [1.82, 2.24) is 4.90 Å². The SMILES string of the molecule is CCOC(=O)C1=C(C)N(Cc2ccccc2)C(=O)C[C@@H]1C(=O)Nc1cccc([N+](=O)[O-])c1. The number of carbonyl (C=O) groups is 3. The van der Waals surface area contributed by atoms with Gasteiger partial charge in [-0.25, -0.2) is 4.79 Å². The maximum absolute atomic E-state index is 13.0. The highest BCUT2D eigenvalue weighted by atomic mass is 16.6. The molecule has 9 nitrogen and oxygen atoms in total. The Bertz CT molecular complexity index is 1080. The summed E-state index contributed by atoms with van der Waals surface area (Å²) in [6.07, 6.45) is -0.223. The van der Waals surface area contributed by atoms with Gasteiger partial charge in [0.15, 0.2) is 0 Å². The molecule has 0 spiro atoms. The maximum atomic E-state index is 13.0. The van der Waals surface area contributed by atoms with Gasteiger partial charge in [-0.2, -0.15) is 0 Å². The number of amides is 2. The van der Waals surface area contributed by atoms with Gasteiger partial charge in [0.2, 0.25) is 11.8 Å². The molecule has 0 unspecified atom stereocenters. The fourth-order valence-corrected chi connectivity index (χ4v) is 3.59. The van der Waals surface area contributed by atoms with Crippen LogP contribution in [0.1, 0.15) is 25.8 Å².